The molecular formula is C19H19ClF2N4O2. The summed E-state index contributed by atoms with van der Waals surface area (Å²) >= 11 is 6.35. The lowest BCUT2D eigenvalue weighted by Gasteiger charge is -2.37. The van der Waals surface area contributed by atoms with Crippen molar-refractivity contribution in [1.82, 2.24) is 10.3 Å². The molecule has 0 spiro atoms. The van der Waals surface area contributed by atoms with E-state index in [1.807, 2.05) is 0 Å². The number of aryl methyl sites for hydroxylation is 1. The van der Waals surface area contributed by atoms with Crippen molar-refractivity contribution in [1.29, 1.82) is 0 Å². The van der Waals surface area contributed by atoms with Gasteiger partial charge in [-0.2, -0.15) is 0 Å². The second-order valence-electron chi connectivity index (χ2n) is 6.72. The van der Waals surface area contributed by atoms with Crippen molar-refractivity contribution in [2.24, 2.45) is 5.73 Å². The average molecular weight is 409 g/mol. The second kappa shape index (κ2) is 7.68. The summed E-state index contributed by atoms with van der Waals surface area (Å²) in [4.78, 5) is 27.9. The van der Waals surface area contributed by atoms with Crippen molar-refractivity contribution in [3.05, 3.63) is 28.2 Å². The lowest BCUT2D eigenvalue weighted by Crippen LogP contribution is -2.51. The molecule has 1 saturated heterocycles. The molecule has 2 aromatic rings. The quantitative estimate of drug-likeness (QED) is 0.681. The number of hydrogen-bond donors (Lipinski definition) is 3. The number of rotatable bonds is 3. The number of primary amides is 1. The normalized spacial score (nSPS) is 19.2. The van der Waals surface area contributed by atoms with E-state index < -0.39 is 29.8 Å². The highest BCUT2D eigenvalue weighted by molar-refractivity contribution is 6.38. The molecule has 2 heterocycles. The van der Waals surface area contributed by atoms with Crippen LogP contribution in [-0.4, -0.2) is 42.1 Å². The number of nitrogens with one attached hydrogen (secondary N) is 2. The molecule has 0 unspecified atom stereocenters. The van der Waals surface area contributed by atoms with Crippen molar-refractivity contribution in [2.45, 2.75) is 32.5 Å². The van der Waals surface area contributed by atoms with Gasteiger partial charge in [0, 0.05) is 30.6 Å². The van der Waals surface area contributed by atoms with E-state index >= 15 is 0 Å². The fourth-order valence-corrected chi connectivity index (χ4v) is 3.81. The summed E-state index contributed by atoms with van der Waals surface area (Å²) in [5.41, 5.74) is 6.22. The number of carbonyl (C=O) groups is 2. The molecule has 4 N–H and O–H groups in total. The first kappa shape index (κ1) is 20.0. The number of benzene rings is 1. The minimum absolute atomic E-state index is 0.0388. The maximum absolute atomic E-state index is 15.0. The molecule has 148 valence electrons. The lowest BCUT2D eigenvalue weighted by atomic mass is 10.0. The Hall–Kier alpha value is -2.79. The van der Waals surface area contributed by atoms with Crippen LogP contribution in [-0.2, 0) is 4.79 Å². The third kappa shape index (κ3) is 3.62. The Morgan fingerprint density at radius 2 is 2.14 bits per heavy atom. The van der Waals surface area contributed by atoms with E-state index in [0.717, 1.165) is 6.07 Å². The smallest absolute Gasteiger partial charge is 0.296 e. The van der Waals surface area contributed by atoms with Crippen LogP contribution >= 0.6 is 11.6 Å². The van der Waals surface area contributed by atoms with Gasteiger partial charge >= 0.3 is 0 Å². The van der Waals surface area contributed by atoms with E-state index in [1.165, 1.54) is 11.8 Å². The van der Waals surface area contributed by atoms with Crippen LogP contribution in [0.3, 0.4) is 0 Å². The molecule has 0 saturated carbocycles. The Labute approximate surface area is 165 Å². The molecule has 0 radical (unpaired) electrons. The monoisotopic (exact) mass is 408 g/mol. The van der Waals surface area contributed by atoms with Crippen molar-refractivity contribution < 1.29 is 18.4 Å². The Kier molecular flexibility index (Phi) is 5.47. The standard InChI is InChI=1S/C19H19ClF2N4O2/c1-3-4-14(27)25-11-5-10(21)7-26(8-11)18-13(22)6-12(19(23)28)17-15(18)16(20)9(2)24-17/h6,10-11,24H,5,7-8H2,1-2H3,(H2,23,28)(H,25,27)/t10-,11-/m0/s1. The summed E-state index contributed by atoms with van der Waals surface area (Å²) in [6.45, 7) is 3.29. The fourth-order valence-electron chi connectivity index (χ4n) is 3.58. The van der Waals surface area contributed by atoms with Crippen LogP contribution in [0.25, 0.3) is 10.9 Å². The zero-order chi connectivity index (χ0) is 20.6. The molecule has 6 nitrogen and oxygen atoms in total. The van der Waals surface area contributed by atoms with Gasteiger partial charge in [0.05, 0.1) is 27.8 Å². The van der Waals surface area contributed by atoms with E-state index in [2.05, 4.69) is 22.1 Å². The van der Waals surface area contributed by atoms with Gasteiger partial charge in [0.1, 0.15) is 12.0 Å². The van der Waals surface area contributed by atoms with Crippen molar-refractivity contribution in [3.8, 4) is 11.8 Å². The number of H-pyrrole nitrogens is 1. The zero-order valence-corrected chi connectivity index (χ0v) is 16.1. The van der Waals surface area contributed by atoms with Crippen LogP contribution in [0.15, 0.2) is 6.07 Å². The van der Waals surface area contributed by atoms with E-state index in [4.69, 9.17) is 17.3 Å². The third-order valence-corrected chi connectivity index (χ3v) is 5.14. The van der Waals surface area contributed by atoms with E-state index in [-0.39, 0.29) is 41.2 Å². The number of anilines is 1. The van der Waals surface area contributed by atoms with Gasteiger partial charge in [-0.1, -0.05) is 17.5 Å². The number of aromatic nitrogens is 1. The van der Waals surface area contributed by atoms with Gasteiger partial charge in [0.15, 0.2) is 0 Å². The van der Waals surface area contributed by atoms with Gasteiger partial charge in [-0.3, -0.25) is 9.59 Å². The third-order valence-electron chi connectivity index (χ3n) is 4.67. The first-order valence-corrected chi connectivity index (χ1v) is 9.03. The largest absolute Gasteiger partial charge is 0.366 e. The van der Waals surface area contributed by atoms with Crippen LogP contribution in [0.2, 0.25) is 5.02 Å². The van der Waals surface area contributed by atoms with E-state index in [9.17, 15) is 18.4 Å². The van der Waals surface area contributed by atoms with Gasteiger partial charge in [-0.25, -0.2) is 8.78 Å². The highest BCUT2D eigenvalue weighted by Crippen LogP contribution is 2.40. The van der Waals surface area contributed by atoms with Crippen LogP contribution in [0.5, 0.6) is 0 Å². The molecule has 0 aliphatic carbocycles. The van der Waals surface area contributed by atoms with Gasteiger partial charge in [0.25, 0.3) is 11.8 Å². The lowest BCUT2D eigenvalue weighted by molar-refractivity contribution is -0.116. The number of alkyl halides is 1. The minimum atomic E-state index is -1.29. The molecule has 2 amide bonds. The Balaban J connectivity index is 2.08. The number of hydrogen-bond acceptors (Lipinski definition) is 3. The second-order valence-corrected chi connectivity index (χ2v) is 7.09. The Morgan fingerprint density at radius 3 is 2.79 bits per heavy atom. The molecule has 28 heavy (non-hydrogen) atoms. The molecule has 1 aliphatic rings. The van der Waals surface area contributed by atoms with Crippen molar-refractivity contribution >= 4 is 40.0 Å². The maximum Gasteiger partial charge on any atom is 0.296 e. The summed E-state index contributed by atoms with van der Waals surface area (Å²) in [5, 5.41) is 3.13. The van der Waals surface area contributed by atoms with Gasteiger partial charge in [-0.05, 0) is 25.8 Å². The minimum Gasteiger partial charge on any atom is -0.366 e. The molecular weight excluding hydrogens is 390 g/mol. The molecule has 1 fully saturated rings. The fraction of sp³-hybridized carbons (Fsp3) is 0.368. The van der Waals surface area contributed by atoms with Crippen LogP contribution < -0.4 is 16.0 Å². The Morgan fingerprint density at radius 1 is 1.43 bits per heavy atom. The number of nitrogens with two attached hydrogens (primary N) is 1. The SMILES string of the molecule is CC#CC(=O)N[C@H]1C[C@H](F)CN(c2c(F)cc(C(N)=O)c3[nH]c(C)c(Cl)c23)C1. The number of carbonyl (C=O) groups excluding carboxylic acids is 2. The number of aromatic amines is 1. The first-order chi connectivity index (χ1) is 13.2. The van der Waals surface area contributed by atoms with Crippen LogP contribution in [0.4, 0.5) is 14.5 Å². The van der Waals surface area contributed by atoms with E-state index in [1.54, 1.807) is 6.92 Å². The van der Waals surface area contributed by atoms with Gasteiger partial charge in [0.2, 0.25) is 0 Å². The summed E-state index contributed by atoms with van der Waals surface area (Å²) in [5.74, 6) is 2.75. The number of amides is 2. The number of nitrogens with zero attached hydrogens (tertiary/aromatic N) is 1. The van der Waals surface area contributed by atoms with Crippen LogP contribution in [0, 0.1) is 24.6 Å². The highest BCUT2D eigenvalue weighted by Gasteiger charge is 2.32. The van der Waals surface area contributed by atoms with Crippen LogP contribution in [0.1, 0.15) is 29.4 Å². The first-order valence-electron chi connectivity index (χ1n) is 8.65. The topological polar surface area (TPSA) is 91.2 Å². The Bertz CT molecular complexity index is 1020. The molecule has 1 aromatic heterocycles. The molecule has 1 aromatic carbocycles. The van der Waals surface area contributed by atoms with Crippen molar-refractivity contribution in [2.75, 3.05) is 18.0 Å². The van der Waals surface area contributed by atoms with Crippen molar-refractivity contribution in [3.63, 3.8) is 0 Å². The predicted octanol–water partition coefficient (Wildman–Crippen LogP) is 2.42. The molecule has 3 rings (SSSR count). The summed E-state index contributed by atoms with van der Waals surface area (Å²) in [7, 11) is 0. The molecule has 2 atom stereocenters. The van der Waals surface area contributed by atoms with E-state index in [0.29, 0.717) is 11.2 Å². The number of piperidine rings is 1. The summed E-state index contributed by atoms with van der Waals surface area (Å²) in [6.07, 6.45) is -1.20. The predicted molar refractivity (Wildman–Crippen MR) is 104 cm³/mol. The van der Waals surface area contributed by atoms with Gasteiger partial charge < -0.3 is 20.9 Å². The summed E-state index contributed by atoms with van der Waals surface area (Å²) < 4.78 is 29.4. The molecule has 0 bridgehead atoms. The highest BCUT2D eigenvalue weighted by atomic mass is 35.5. The number of fused-ring (bicyclic) bond motifs is 1. The maximum atomic E-state index is 15.0. The number of halogens is 3. The summed E-state index contributed by atoms with van der Waals surface area (Å²) in [6, 6.07) is 0.464. The molecule has 9 heteroatoms. The molecule has 1 aliphatic heterocycles. The average Bonchev–Trinajstić information content (AvgIpc) is 2.89. The zero-order valence-electron chi connectivity index (χ0n) is 15.3. The van der Waals surface area contributed by atoms with Gasteiger partial charge in [-0.15, -0.1) is 0 Å².